The molecule has 0 spiro atoms. The number of nitrogens with two attached hydrogens (primary N) is 1. The fourth-order valence-electron chi connectivity index (χ4n) is 1.81. The van der Waals surface area contributed by atoms with E-state index in [2.05, 4.69) is 27.1 Å². The zero-order chi connectivity index (χ0) is 13.9. The van der Waals surface area contributed by atoms with E-state index < -0.39 is 0 Å². The molecule has 20 heavy (non-hydrogen) atoms. The van der Waals surface area contributed by atoms with E-state index in [1.807, 2.05) is 25.1 Å². The minimum atomic E-state index is 0.481. The molecule has 6 heteroatoms. The molecule has 0 saturated carbocycles. The maximum absolute atomic E-state index is 5.94. The minimum absolute atomic E-state index is 0.481. The minimum Gasteiger partial charge on any atom is -0.382 e. The van der Waals surface area contributed by atoms with Gasteiger partial charge in [0.15, 0.2) is 10.2 Å². The molecule has 0 aliphatic carbocycles. The first-order valence-electron chi connectivity index (χ1n) is 6.36. The highest BCUT2D eigenvalue weighted by Crippen LogP contribution is 2.32. The van der Waals surface area contributed by atoms with E-state index in [9.17, 15) is 0 Å². The first-order chi connectivity index (χ1) is 9.76. The number of aryl methyl sites for hydroxylation is 1. The molecule has 1 aromatic carbocycles. The van der Waals surface area contributed by atoms with E-state index in [0.29, 0.717) is 5.82 Å². The summed E-state index contributed by atoms with van der Waals surface area (Å²) in [4.78, 5) is 14.1. The van der Waals surface area contributed by atoms with Gasteiger partial charge in [-0.25, -0.2) is 15.0 Å². The number of thiazole rings is 1. The molecule has 3 rings (SSSR count). The number of nitrogens with zero attached hydrogens (tertiary/aromatic N) is 3. The predicted octanol–water partition coefficient (Wildman–Crippen LogP) is 3.52. The van der Waals surface area contributed by atoms with Crippen LogP contribution in [0.5, 0.6) is 0 Å². The monoisotopic (exact) mass is 302 g/mol. The third-order valence-corrected chi connectivity index (χ3v) is 5.00. The van der Waals surface area contributed by atoms with Crippen LogP contribution in [0.4, 0.5) is 5.82 Å². The largest absolute Gasteiger partial charge is 0.382 e. The Balaban J connectivity index is 1.84. The Morgan fingerprint density at radius 3 is 2.70 bits per heavy atom. The normalized spacial score (nSPS) is 11.1. The van der Waals surface area contributed by atoms with Crippen LogP contribution < -0.4 is 5.73 Å². The molecule has 0 unspecified atom stereocenters. The van der Waals surface area contributed by atoms with Crippen molar-refractivity contribution in [3.8, 4) is 0 Å². The van der Waals surface area contributed by atoms with Gasteiger partial charge in [0.25, 0.3) is 0 Å². The number of rotatable bonds is 4. The van der Waals surface area contributed by atoms with Crippen molar-refractivity contribution in [2.24, 2.45) is 0 Å². The number of hydrogen-bond donors (Lipinski definition) is 1. The first kappa shape index (κ1) is 13.3. The topological polar surface area (TPSA) is 64.7 Å². The van der Waals surface area contributed by atoms with E-state index in [4.69, 9.17) is 5.73 Å². The van der Waals surface area contributed by atoms with Crippen LogP contribution in [0.1, 0.15) is 18.3 Å². The second-order valence-electron chi connectivity index (χ2n) is 4.29. The summed E-state index contributed by atoms with van der Waals surface area (Å²) < 4.78 is 0.984. The Morgan fingerprint density at radius 2 is 1.95 bits per heavy atom. The summed E-state index contributed by atoms with van der Waals surface area (Å²) in [7, 11) is 0. The number of benzene rings is 1. The Labute approximate surface area is 125 Å². The lowest BCUT2D eigenvalue weighted by Gasteiger charge is -1.97. The van der Waals surface area contributed by atoms with Crippen LogP contribution in [0.25, 0.3) is 10.3 Å². The number of hydrogen-bond acceptors (Lipinski definition) is 6. The number of aromatic nitrogens is 3. The lowest BCUT2D eigenvalue weighted by Crippen LogP contribution is -1.98. The van der Waals surface area contributed by atoms with Crippen molar-refractivity contribution < 1.29 is 0 Å². The van der Waals surface area contributed by atoms with Crippen molar-refractivity contribution in [2.45, 2.75) is 23.4 Å². The molecule has 0 bridgehead atoms. The van der Waals surface area contributed by atoms with Crippen LogP contribution in [-0.2, 0) is 12.2 Å². The molecule has 3 aromatic rings. The van der Waals surface area contributed by atoms with Gasteiger partial charge < -0.3 is 5.73 Å². The molecule has 0 saturated heterocycles. The molecule has 0 atom stereocenters. The summed E-state index contributed by atoms with van der Waals surface area (Å²) in [5.74, 6) is 2.15. The van der Waals surface area contributed by atoms with E-state index in [0.717, 1.165) is 32.7 Å². The quantitative estimate of drug-likeness (QED) is 0.747. The second kappa shape index (κ2) is 5.76. The van der Waals surface area contributed by atoms with Crippen molar-refractivity contribution in [2.75, 3.05) is 5.73 Å². The van der Waals surface area contributed by atoms with Crippen LogP contribution in [-0.4, -0.2) is 15.0 Å². The zero-order valence-corrected chi connectivity index (χ0v) is 12.7. The van der Waals surface area contributed by atoms with Gasteiger partial charge in [-0.1, -0.05) is 60.4 Å². The van der Waals surface area contributed by atoms with Crippen LogP contribution in [0, 0.1) is 0 Å². The Morgan fingerprint density at radius 1 is 1.15 bits per heavy atom. The molecule has 0 amide bonds. The average Bonchev–Trinajstić information content (AvgIpc) is 2.89. The number of nitrogen functional groups attached to an aromatic ring is 1. The molecule has 2 heterocycles. The second-order valence-corrected chi connectivity index (χ2v) is 6.49. The smallest absolute Gasteiger partial charge is 0.154 e. The van der Waals surface area contributed by atoms with E-state index in [-0.39, 0.29) is 0 Å². The predicted molar refractivity (Wildman–Crippen MR) is 85.0 cm³/mol. The van der Waals surface area contributed by atoms with Gasteiger partial charge in [0.2, 0.25) is 0 Å². The van der Waals surface area contributed by atoms with E-state index >= 15 is 0 Å². The molecule has 0 fully saturated rings. The molecule has 2 aromatic heterocycles. The summed E-state index contributed by atoms with van der Waals surface area (Å²) in [5, 5.41) is 0. The molecule has 0 aliphatic heterocycles. The third kappa shape index (κ3) is 2.76. The lowest BCUT2D eigenvalue weighted by atomic mass is 10.2. The van der Waals surface area contributed by atoms with Gasteiger partial charge in [0, 0.05) is 12.2 Å². The van der Waals surface area contributed by atoms with Crippen molar-refractivity contribution >= 4 is 39.3 Å². The fourth-order valence-corrected chi connectivity index (χ4v) is 3.80. The summed E-state index contributed by atoms with van der Waals surface area (Å²) in [6.45, 7) is 2.02. The van der Waals surface area contributed by atoms with Crippen LogP contribution in [0.15, 0.2) is 34.7 Å². The number of anilines is 1. The summed E-state index contributed by atoms with van der Waals surface area (Å²) in [5.41, 5.74) is 7.94. The molecule has 0 aliphatic rings. The van der Waals surface area contributed by atoms with Gasteiger partial charge in [0.05, 0.1) is 0 Å². The first-order valence-corrected chi connectivity index (χ1v) is 8.16. The van der Waals surface area contributed by atoms with Crippen molar-refractivity contribution in [1.29, 1.82) is 0 Å². The van der Waals surface area contributed by atoms with Crippen molar-refractivity contribution in [3.63, 3.8) is 0 Å². The SMILES string of the molecule is CCc1nc(N)c2nc(SCc3ccccc3)sc2n1. The molecular weight excluding hydrogens is 288 g/mol. The molecule has 0 radical (unpaired) electrons. The highest BCUT2D eigenvalue weighted by molar-refractivity contribution is 8.00. The lowest BCUT2D eigenvalue weighted by molar-refractivity contribution is 0.967. The standard InChI is InChI=1S/C14H14N4S2/c1-2-10-16-12(15)11-13(17-10)20-14(18-11)19-8-9-6-4-3-5-7-9/h3-7H,2,8H2,1H3,(H2,15,16,17). The van der Waals surface area contributed by atoms with Gasteiger partial charge in [-0.2, -0.15) is 0 Å². The maximum Gasteiger partial charge on any atom is 0.154 e. The highest BCUT2D eigenvalue weighted by atomic mass is 32.2. The van der Waals surface area contributed by atoms with Gasteiger partial charge in [-0.3, -0.25) is 0 Å². The van der Waals surface area contributed by atoms with Gasteiger partial charge in [-0.15, -0.1) is 0 Å². The fraction of sp³-hybridized carbons (Fsp3) is 0.214. The van der Waals surface area contributed by atoms with Gasteiger partial charge >= 0.3 is 0 Å². The van der Waals surface area contributed by atoms with E-state index in [1.165, 1.54) is 5.56 Å². The van der Waals surface area contributed by atoms with Crippen LogP contribution in [0.3, 0.4) is 0 Å². The Kier molecular flexibility index (Phi) is 3.84. The van der Waals surface area contributed by atoms with Crippen LogP contribution >= 0.6 is 23.1 Å². The van der Waals surface area contributed by atoms with Gasteiger partial charge in [-0.05, 0) is 5.56 Å². The van der Waals surface area contributed by atoms with Crippen molar-refractivity contribution in [3.05, 3.63) is 41.7 Å². The Bertz CT molecular complexity index is 725. The summed E-state index contributed by atoms with van der Waals surface area (Å²) >= 11 is 3.29. The average molecular weight is 302 g/mol. The molecular formula is C14H14N4S2. The highest BCUT2D eigenvalue weighted by Gasteiger charge is 2.11. The maximum atomic E-state index is 5.94. The van der Waals surface area contributed by atoms with Crippen molar-refractivity contribution in [1.82, 2.24) is 15.0 Å². The number of fused-ring (bicyclic) bond motifs is 1. The van der Waals surface area contributed by atoms with Gasteiger partial charge in [0.1, 0.15) is 16.2 Å². The summed E-state index contributed by atoms with van der Waals surface area (Å²) in [6, 6.07) is 10.3. The van der Waals surface area contributed by atoms with E-state index in [1.54, 1.807) is 23.1 Å². The molecule has 102 valence electrons. The third-order valence-electron chi connectivity index (χ3n) is 2.83. The summed E-state index contributed by atoms with van der Waals surface area (Å²) in [6.07, 6.45) is 0.782. The molecule has 2 N–H and O–H groups in total. The zero-order valence-electron chi connectivity index (χ0n) is 11.0. The molecule has 4 nitrogen and oxygen atoms in total. The number of thioether (sulfide) groups is 1. The Hall–Kier alpha value is -1.66. The van der Waals surface area contributed by atoms with Crippen LogP contribution in [0.2, 0.25) is 0 Å².